The van der Waals surface area contributed by atoms with Gasteiger partial charge >= 0.3 is 0 Å². The summed E-state index contributed by atoms with van der Waals surface area (Å²) in [6.45, 7) is 0. The van der Waals surface area contributed by atoms with E-state index in [1.807, 2.05) is 6.07 Å². The Bertz CT molecular complexity index is 757. The van der Waals surface area contributed by atoms with Crippen molar-refractivity contribution < 1.29 is 4.74 Å². The van der Waals surface area contributed by atoms with Gasteiger partial charge in [0.25, 0.3) is 0 Å². The van der Waals surface area contributed by atoms with Crippen LogP contribution in [0.5, 0.6) is 11.5 Å². The van der Waals surface area contributed by atoms with Crippen LogP contribution in [0.15, 0.2) is 35.8 Å². The van der Waals surface area contributed by atoms with Crippen LogP contribution in [0.3, 0.4) is 0 Å². The van der Waals surface area contributed by atoms with Gasteiger partial charge in [0.05, 0.1) is 15.2 Å². The maximum absolute atomic E-state index is 6.06. The summed E-state index contributed by atoms with van der Waals surface area (Å²) in [4.78, 5) is 4.21. The van der Waals surface area contributed by atoms with Crippen molar-refractivity contribution in [3.05, 3.63) is 45.9 Å². The first-order valence-electron chi connectivity index (χ1n) is 5.40. The molecular weight excluding hydrogens is 303 g/mol. The first-order valence-corrected chi connectivity index (χ1v) is 7.03. The van der Waals surface area contributed by atoms with Crippen LogP contribution in [0, 0.1) is 0 Å². The summed E-state index contributed by atoms with van der Waals surface area (Å²) in [6, 6.07) is 8.74. The maximum Gasteiger partial charge on any atom is 0.152 e. The molecule has 0 spiro atoms. The van der Waals surface area contributed by atoms with E-state index in [9.17, 15) is 0 Å². The van der Waals surface area contributed by atoms with Crippen molar-refractivity contribution in [1.82, 2.24) is 4.98 Å². The molecule has 1 aromatic heterocycles. The van der Waals surface area contributed by atoms with Gasteiger partial charge in [-0.2, -0.15) is 0 Å². The summed E-state index contributed by atoms with van der Waals surface area (Å²) in [7, 11) is 0. The minimum Gasteiger partial charge on any atom is -0.453 e. The predicted molar refractivity (Wildman–Crippen MR) is 80.6 cm³/mol. The number of nitrogens with two attached hydrogens (primary N) is 1. The van der Waals surface area contributed by atoms with Crippen LogP contribution < -0.4 is 10.5 Å². The molecular formula is C13H8Cl2N2OS. The van der Waals surface area contributed by atoms with Gasteiger partial charge in [0.2, 0.25) is 0 Å². The lowest BCUT2D eigenvalue weighted by atomic mass is 10.2. The predicted octanol–water partition coefficient (Wildman–Crippen LogP) is 4.98. The van der Waals surface area contributed by atoms with Crippen LogP contribution >= 0.6 is 34.5 Å². The van der Waals surface area contributed by atoms with Crippen molar-refractivity contribution in [2.75, 3.05) is 5.73 Å². The van der Waals surface area contributed by atoms with Crippen LogP contribution in [0.2, 0.25) is 10.0 Å². The molecule has 2 aromatic carbocycles. The fourth-order valence-electron chi connectivity index (χ4n) is 1.70. The Morgan fingerprint density at radius 1 is 1.11 bits per heavy atom. The van der Waals surface area contributed by atoms with Gasteiger partial charge in [-0.15, -0.1) is 11.3 Å². The molecule has 6 heteroatoms. The number of aromatic nitrogens is 1. The van der Waals surface area contributed by atoms with Crippen LogP contribution in [0.1, 0.15) is 0 Å². The Morgan fingerprint density at radius 3 is 2.79 bits per heavy atom. The smallest absolute Gasteiger partial charge is 0.152 e. The molecule has 0 aliphatic heterocycles. The number of anilines is 1. The Morgan fingerprint density at radius 2 is 1.95 bits per heavy atom. The third kappa shape index (κ3) is 2.34. The molecule has 0 saturated heterocycles. The lowest BCUT2D eigenvalue weighted by Gasteiger charge is -2.10. The average Bonchev–Trinajstić information content (AvgIpc) is 2.86. The Hall–Kier alpha value is -1.49. The van der Waals surface area contributed by atoms with Crippen molar-refractivity contribution in [3.8, 4) is 11.5 Å². The van der Waals surface area contributed by atoms with Gasteiger partial charge < -0.3 is 10.5 Å². The van der Waals surface area contributed by atoms with Crippen LogP contribution in [-0.2, 0) is 0 Å². The lowest BCUT2D eigenvalue weighted by Crippen LogP contribution is -1.93. The minimum absolute atomic E-state index is 0.468. The standard InChI is InChI=1S/C13H8Cl2N2OS/c14-7-1-2-8(15)10(5-7)18-9-3-4-11-13(12(9)16)17-6-19-11/h1-6H,16H2. The van der Waals surface area contributed by atoms with Gasteiger partial charge in [-0.05, 0) is 24.3 Å². The van der Waals surface area contributed by atoms with Gasteiger partial charge in [-0.1, -0.05) is 23.2 Å². The highest BCUT2D eigenvalue weighted by molar-refractivity contribution is 7.16. The zero-order valence-electron chi connectivity index (χ0n) is 9.56. The molecule has 0 aliphatic rings. The van der Waals surface area contributed by atoms with E-state index in [1.165, 1.54) is 11.3 Å². The second-order valence-corrected chi connectivity index (χ2v) is 5.58. The summed E-state index contributed by atoms with van der Waals surface area (Å²) in [6.07, 6.45) is 0. The maximum atomic E-state index is 6.06. The van der Waals surface area contributed by atoms with E-state index in [4.69, 9.17) is 33.7 Å². The Balaban J connectivity index is 2.05. The van der Waals surface area contributed by atoms with E-state index < -0.39 is 0 Å². The van der Waals surface area contributed by atoms with Crippen molar-refractivity contribution in [1.29, 1.82) is 0 Å². The minimum atomic E-state index is 0.468. The Labute approximate surface area is 123 Å². The SMILES string of the molecule is Nc1c(Oc2cc(Cl)ccc2Cl)ccc2scnc12. The number of ether oxygens (including phenoxy) is 1. The number of nitrogens with zero attached hydrogens (tertiary/aromatic N) is 1. The van der Waals surface area contributed by atoms with E-state index in [1.54, 1.807) is 29.8 Å². The summed E-state index contributed by atoms with van der Waals surface area (Å²) < 4.78 is 6.74. The molecule has 0 radical (unpaired) electrons. The molecule has 0 saturated carbocycles. The topological polar surface area (TPSA) is 48.1 Å². The third-order valence-corrected chi connectivity index (χ3v) is 3.96. The number of hydrogen-bond acceptors (Lipinski definition) is 4. The molecule has 0 aliphatic carbocycles. The van der Waals surface area contributed by atoms with Crippen LogP contribution in [0.25, 0.3) is 10.2 Å². The highest BCUT2D eigenvalue weighted by Gasteiger charge is 2.11. The number of hydrogen-bond donors (Lipinski definition) is 1. The lowest BCUT2D eigenvalue weighted by molar-refractivity contribution is 0.486. The van der Waals surface area contributed by atoms with E-state index in [0.29, 0.717) is 27.2 Å². The number of rotatable bonds is 2. The fourth-order valence-corrected chi connectivity index (χ4v) is 2.71. The molecule has 0 fully saturated rings. The van der Waals surface area contributed by atoms with E-state index in [2.05, 4.69) is 4.98 Å². The second kappa shape index (κ2) is 4.89. The Kier molecular flexibility index (Phi) is 3.22. The van der Waals surface area contributed by atoms with Crippen molar-refractivity contribution in [2.45, 2.75) is 0 Å². The molecule has 96 valence electrons. The monoisotopic (exact) mass is 310 g/mol. The summed E-state index contributed by atoms with van der Waals surface area (Å²) in [5.74, 6) is 0.984. The molecule has 0 amide bonds. The largest absolute Gasteiger partial charge is 0.453 e. The number of thiazole rings is 1. The number of halogens is 2. The quantitative estimate of drug-likeness (QED) is 0.679. The molecule has 0 bridgehead atoms. The molecule has 3 nitrogen and oxygen atoms in total. The third-order valence-electron chi connectivity index (χ3n) is 2.61. The van der Waals surface area contributed by atoms with Gasteiger partial charge in [-0.3, -0.25) is 0 Å². The van der Waals surface area contributed by atoms with Gasteiger partial charge in [-0.25, -0.2) is 4.98 Å². The zero-order chi connectivity index (χ0) is 13.4. The van der Waals surface area contributed by atoms with Crippen LogP contribution in [-0.4, -0.2) is 4.98 Å². The highest BCUT2D eigenvalue weighted by Crippen LogP contribution is 2.37. The highest BCUT2D eigenvalue weighted by atomic mass is 35.5. The molecule has 19 heavy (non-hydrogen) atoms. The van der Waals surface area contributed by atoms with Crippen molar-refractivity contribution >= 4 is 50.4 Å². The molecule has 1 heterocycles. The first kappa shape index (κ1) is 12.5. The normalized spacial score (nSPS) is 10.8. The van der Waals surface area contributed by atoms with Crippen LogP contribution in [0.4, 0.5) is 5.69 Å². The zero-order valence-corrected chi connectivity index (χ0v) is 11.9. The molecule has 2 N–H and O–H groups in total. The molecule has 0 unspecified atom stereocenters. The van der Waals surface area contributed by atoms with E-state index >= 15 is 0 Å². The van der Waals surface area contributed by atoms with E-state index in [-0.39, 0.29) is 0 Å². The number of benzene rings is 2. The first-order chi connectivity index (χ1) is 9.15. The summed E-state index contributed by atoms with van der Waals surface area (Å²) in [5.41, 5.74) is 9.02. The summed E-state index contributed by atoms with van der Waals surface area (Å²) >= 11 is 13.5. The van der Waals surface area contributed by atoms with Gasteiger partial charge in [0.1, 0.15) is 17.0 Å². The second-order valence-electron chi connectivity index (χ2n) is 3.85. The number of fused-ring (bicyclic) bond motifs is 1. The molecule has 0 atom stereocenters. The van der Waals surface area contributed by atoms with Crippen molar-refractivity contribution in [3.63, 3.8) is 0 Å². The van der Waals surface area contributed by atoms with Gasteiger partial charge in [0.15, 0.2) is 5.75 Å². The fraction of sp³-hybridized carbons (Fsp3) is 0. The van der Waals surface area contributed by atoms with Gasteiger partial charge in [0, 0.05) is 11.1 Å². The van der Waals surface area contributed by atoms with Crippen molar-refractivity contribution in [2.24, 2.45) is 0 Å². The molecule has 3 rings (SSSR count). The van der Waals surface area contributed by atoms with E-state index in [0.717, 1.165) is 10.2 Å². The summed E-state index contributed by atoms with van der Waals surface area (Å²) in [5, 5.41) is 1.02. The average molecular weight is 311 g/mol. The number of nitrogen functional groups attached to an aromatic ring is 1. The molecule has 3 aromatic rings.